The highest BCUT2D eigenvalue weighted by atomic mass is 31.2. The van der Waals surface area contributed by atoms with Crippen LogP contribution in [0.15, 0.2) is 12.7 Å². The van der Waals surface area contributed by atoms with Crippen molar-refractivity contribution in [2.45, 2.75) is 44.7 Å². The number of ether oxygens (including phenoxy) is 2. The van der Waals surface area contributed by atoms with Crippen molar-refractivity contribution in [3.63, 3.8) is 0 Å². The third-order valence-corrected chi connectivity index (χ3v) is 4.98. The maximum Gasteiger partial charge on any atom is 0.469 e. The van der Waals surface area contributed by atoms with Gasteiger partial charge in [-0.15, -0.1) is 0 Å². The Morgan fingerprint density at radius 1 is 1.41 bits per heavy atom. The maximum absolute atomic E-state index is 12.4. The summed E-state index contributed by atoms with van der Waals surface area (Å²) in [5.74, 6) is -0.587. The number of nitrogens with zero attached hydrogens (tertiary/aromatic N) is 4. The molecule has 4 atom stereocenters. The van der Waals surface area contributed by atoms with Crippen LogP contribution in [-0.2, 0) is 23.4 Å². The fourth-order valence-electron chi connectivity index (χ4n) is 2.91. The van der Waals surface area contributed by atoms with E-state index in [1.807, 2.05) is 0 Å². The quantitative estimate of drug-likeness (QED) is 0.331. The third kappa shape index (κ3) is 4.89. The standard InChI is InChI=1S/C15H23N6O7P/c1-7(2)10(16)15(22)28-9-3-8(4-26-29(23,24)25)27-14(9)21-6-20-11-12(17)18-5-19-13(11)21/h5-10,14H,3-4,16H2,1-2H3,(H2,17,18,19)(H2,23,24,25)/t8-,9?,10?,14+/m0/s1. The first kappa shape index (κ1) is 21.6. The summed E-state index contributed by atoms with van der Waals surface area (Å²) in [4.78, 5) is 42.4. The number of hydrogen-bond donors (Lipinski definition) is 4. The molecule has 0 radical (unpaired) electrons. The van der Waals surface area contributed by atoms with E-state index in [1.54, 1.807) is 13.8 Å². The first-order valence-electron chi connectivity index (χ1n) is 8.81. The molecule has 6 N–H and O–H groups in total. The van der Waals surface area contributed by atoms with E-state index in [4.69, 9.17) is 30.7 Å². The van der Waals surface area contributed by atoms with Gasteiger partial charge in [0.15, 0.2) is 17.7 Å². The molecule has 13 nitrogen and oxygen atoms in total. The highest BCUT2D eigenvalue weighted by molar-refractivity contribution is 7.46. The molecule has 3 rings (SSSR count). The van der Waals surface area contributed by atoms with Crippen molar-refractivity contribution in [1.82, 2.24) is 19.5 Å². The molecule has 2 aromatic heterocycles. The fourth-order valence-corrected chi connectivity index (χ4v) is 3.27. The number of rotatable bonds is 7. The van der Waals surface area contributed by atoms with Crippen LogP contribution in [-0.4, -0.2) is 60.1 Å². The van der Waals surface area contributed by atoms with Crippen LogP contribution in [0, 0.1) is 5.92 Å². The zero-order valence-corrected chi connectivity index (χ0v) is 16.7. The number of aromatic nitrogens is 4. The van der Waals surface area contributed by atoms with Gasteiger partial charge >= 0.3 is 13.8 Å². The Morgan fingerprint density at radius 3 is 2.79 bits per heavy atom. The molecule has 2 unspecified atom stereocenters. The average molecular weight is 430 g/mol. The predicted molar refractivity (Wildman–Crippen MR) is 99.0 cm³/mol. The molecule has 0 bridgehead atoms. The van der Waals surface area contributed by atoms with Gasteiger partial charge in [-0.3, -0.25) is 13.9 Å². The zero-order chi connectivity index (χ0) is 21.3. The molecule has 160 valence electrons. The summed E-state index contributed by atoms with van der Waals surface area (Å²) < 4.78 is 28.4. The molecule has 2 aromatic rings. The molecule has 0 amide bonds. The number of phosphoric acid groups is 1. The van der Waals surface area contributed by atoms with Crippen molar-refractivity contribution in [2.24, 2.45) is 11.7 Å². The average Bonchev–Trinajstić information content (AvgIpc) is 3.23. The molecule has 1 saturated heterocycles. The minimum Gasteiger partial charge on any atom is -0.456 e. The first-order valence-corrected chi connectivity index (χ1v) is 10.3. The topological polar surface area (TPSA) is 198 Å². The lowest BCUT2D eigenvalue weighted by Gasteiger charge is -2.23. The van der Waals surface area contributed by atoms with Gasteiger partial charge in [0.05, 0.1) is 19.0 Å². The predicted octanol–water partition coefficient (Wildman–Crippen LogP) is -0.300. The van der Waals surface area contributed by atoms with E-state index in [9.17, 15) is 9.36 Å². The SMILES string of the molecule is CC(C)C(N)C(=O)OC1C[C@@H](COP(=O)(O)O)O[C@H]1n1cnc2c(N)ncnc21. The van der Waals surface area contributed by atoms with E-state index in [0.29, 0.717) is 11.2 Å². The number of phosphoric ester groups is 1. The number of nitrogen functional groups attached to an aromatic ring is 1. The monoisotopic (exact) mass is 430 g/mol. The fraction of sp³-hybridized carbons (Fsp3) is 0.600. The second-order valence-corrected chi connectivity index (χ2v) is 8.24. The lowest BCUT2D eigenvalue weighted by atomic mass is 10.1. The molecule has 14 heteroatoms. The zero-order valence-electron chi connectivity index (χ0n) is 15.8. The van der Waals surface area contributed by atoms with E-state index in [-0.39, 0.29) is 18.2 Å². The number of imidazole rings is 1. The molecule has 1 aliphatic rings. The van der Waals surface area contributed by atoms with Crippen LogP contribution < -0.4 is 11.5 Å². The highest BCUT2D eigenvalue weighted by Gasteiger charge is 2.41. The second-order valence-electron chi connectivity index (χ2n) is 7.00. The van der Waals surface area contributed by atoms with E-state index in [1.165, 1.54) is 17.2 Å². The van der Waals surface area contributed by atoms with Crippen LogP contribution in [0.1, 0.15) is 26.5 Å². The van der Waals surface area contributed by atoms with Gasteiger partial charge in [-0.1, -0.05) is 13.8 Å². The summed E-state index contributed by atoms with van der Waals surface area (Å²) >= 11 is 0. The Labute approximate surface area is 165 Å². The van der Waals surface area contributed by atoms with Crippen LogP contribution in [0.3, 0.4) is 0 Å². The van der Waals surface area contributed by atoms with Crippen molar-refractivity contribution < 1.29 is 33.1 Å². The summed E-state index contributed by atoms with van der Waals surface area (Å²) in [6, 6.07) is -0.835. The van der Waals surface area contributed by atoms with E-state index < -0.39 is 44.9 Å². The van der Waals surface area contributed by atoms with Crippen molar-refractivity contribution in [1.29, 1.82) is 0 Å². The second kappa shape index (κ2) is 8.30. The van der Waals surface area contributed by atoms with Crippen molar-refractivity contribution in [3.8, 4) is 0 Å². The number of carbonyl (C=O) groups excluding carboxylic acids is 1. The maximum atomic E-state index is 12.4. The number of carbonyl (C=O) groups is 1. The van der Waals surface area contributed by atoms with Crippen LogP contribution in [0.25, 0.3) is 11.2 Å². The van der Waals surface area contributed by atoms with Crippen LogP contribution in [0.2, 0.25) is 0 Å². The normalized spacial score (nSPS) is 23.6. The summed E-state index contributed by atoms with van der Waals surface area (Å²) in [5, 5.41) is 0. The minimum atomic E-state index is -4.68. The number of fused-ring (bicyclic) bond motifs is 1. The van der Waals surface area contributed by atoms with Gasteiger partial charge in [0.25, 0.3) is 0 Å². The molecule has 0 spiro atoms. The molecule has 0 aliphatic carbocycles. The van der Waals surface area contributed by atoms with Crippen LogP contribution in [0.5, 0.6) is 0 Å². The van der Waals surface area contributed by atoms with E-state index >= 15 is 0 Å². The van der Waals surface area contributed by atoms with Crippen molar-refractivity contribution >= 4 is 30.8 Å². The molecule has 29 heavy (non-hydrogen) atoms. The summed E-state index contributed by atoms with van der Waals surface area (Å²) in [6.45, 7) is 3.18. The van der Waals surface area contributed by atoms with Crippen LogP contribution in [0.4, 0.5) is 5.82 Å². The Balaban J connectivity index is 1.86. The largest absolute Gasteiger partial charge is 0.469 e. The molecule has 3 heterocycles. The van der Waals surface area contributed by atoms with Gasteiger partial charge in [0.2, 0.25) is 0 Å². The van der Waals surface area contributed by atoms with Crippen molar-refractivity contribution in [3.05, 3.63) is 12.7 Å². The highest BCUT2D eigenvalue weighted by Crippen LogP contribution is 2.39. The van der Waals surface area contributed by atoms with Gasteiger partial charge in [-0.2, -0.15) is 0 Å². The third-order valence-electron chi connectivity index (χ3n) is 4.49. The Bertz CT molecular complexity index is 931. The van der Waals surface area contributed by atoms with Crippen LogP contribution >= 0.6 is 7.82 Å². The summed E-state index contributed by atoms with van der Waals surface area (Å²) in [5.41, 5.74) is 12.4. The number of anilines is 1. The molecule has 1 aliphatic heterocycles. The van der Waals surface area contributed by atoms with Gasteiger partial charge < -0.3 is 30.7 Å². The Kier molecular flexibility index (Phi) is 6.17. The van der Waals surface area contributed by atoms with Gasteiger partial charge in [0, 0.05) is 6.42 Å². The molecule has 1 fully saturated rings. The molecular formula is C15H23N6O7P. The summed E-state index contributed by atoms with van der Waals surface area (Å²) in [7, 11) is -4.68. The minimum absolute atomic E-state index is 0.126. The smallest absolute Gasteiger partial charge is 0.456 e. The lowest BCUT2D eigenvalue weighted by molar-refractivity contribution is -0.157. The van der Waals surface area contributed by atoms with E-state index in [0.717, 1.165) is 0 Å². The van der Waals surface area contributed by atoms with E-state index in [2.05, 4.69) is 19.5 Å². The number of esters is 1. The first-order chi connectivity index (χ1) is 13.6. The molecule has 0 aromatic carbocycles. The van der Waals surface area contributed by atoms with Gasteiger partial charge in [-0.25, -0.2) is 19.5 Å². The van der Waals surface area contributed by atoms with Crippen molar-refractivity contribution in [2.75, 3.05) is 12.3 Å². The van der Waals surface area contributed by atoms with Gasteiger partial charge in [-0.05, 0) is 5.92 Å². The number of hydrogen-bond acceptors (Lipinski definition) is 10. The number of nitrogens with two attached hydrogens (primary N) is 2. The Morgan fingerprint density at radius 2 is 2.14 bits per heavy atom. The Hall–Kier alpha value is -2.15. The molecule has 0 saturated carbocycles. The van der Waals surface area contributed by atoms with Gasteiger partial charge in [0.1, 0.15) is 24.0 Å². The summed E-state index contributed by atoms with van der Waals surface area (Å²) in [6.07, 6.45) is 0.359. The molecular weight excluding hydrogens is 407 g/mol. The lowest BCUT2D eigenvalue weighted by Crippen LogP contribution is -2.40.